The molecule has 1 aliphatic heterocycles. The van der Waals surface area contributed by atoms with Gasteiger partial charge < -0.3 is 4.74 Å². The molecule has 3 rings (SSSR count). The Morgan fingerprint density at radius 2 is 1.25 bits per heavy atom. The number of unbranched alkanes of at least 4 members (excludes halogenated alkanes) is 7. The molecule has 2 aromatic carbocycles. The van der Waals surface area contributed by atoms with Crippen molar-refractivity contribution in [2.45, 2.75) is 97.0 Å². The predicted octanol–water partition coefficient (Wildman–Crippen LogP) is 8.23. The third-order valence-corrected chi connectivity index (χ3v) is 6.45. The number of rotatable bonds is 14. The van der Waals surface area contributed by atoms with E-state index < -0.39 is 0 Å². The molecule has 0 aromatic heterocycles. The van der Waals surface area contributed by atoms with Crippen LogP contribution in [0.5, 0.6) is 0 Å². The highest BCUT2D eigenvalue weighted by atomic mass is 16.5. The fourth-order valence-electron chi connectivity index (χ4n) is 4.42. The molecule has 0 saturated carbocycles. The van der Waals surface area contributed by atoms with Crippen molar-refractivity contribution in [3.8, 4) is 11.1 Å². The van der Waals surface area contributed by atoms with E-state index in [0.717, 1.165) is 24.0 Å². The maximum atomic E-state index is 12.2. The number of esters is 1. The minimum absolute atomic E-state index is 0.0289. The summed E-state index contributed by atoms with van der Waals surface area (Å²) in [5.41, 5.74) is 5.87. The summed E-state index contributed by atoms with van der Waals surface area (Å²) in [6.45, 7) is 4.47. The maximum Gasteiger partial charge on any atom is 0.334 e. The lowest BCUT2D eigenvalue weighted by molar-refractivity contribution is -0.139. The molecule has 2 heteroatoms. The average Bonchev–Trinajstić information content (AvgIpc) is 3.16. The summed E-state index contributed by atoms with van der Waals surface area (Å²) in [5, 5.41) is 0. The second kappa shape index (κ2) is 13.3. The van der Waals surface area contributed by atoms with Crippen molar-refractivity contribution in [3.63, 3.8) is 0 Å². The van der Waals surface area contributed by atoms with Gasteiger partial charge in [-0.3, -0.25) is 0 Å². The summed E-state index contributed by atoms with van der Waals surface area (Å²) in [6.07, 6.45) is 16.2. The largest absolute Gasteiger partial charge is 0.455 e. The van der Waals surface area contributed by atoms with Crippen molar-refractivity contribution >= 4 is 5.97 Å². The summed E-state index contributed by atoms with van der Waals surface area (Å²) in [4.78, 5) is 12.2. The molecule has 2 nitrogen and oxygen atoms in total. The van der Waals surface area contributed by atoms with Gasteiger partial charge in [-0.1, -0.05) is 107 Å². The second-order valence-electron chi connectivity index (χ2n) is 9.22. The molecule has 0 N–H and O–H groups in total. The molecule has 1 aliphatic rings. The van der Waals surface area contributed by atoms with Gasteiger partial charge in [0.15, 0.2) is 0 Å². The van der Waals surface area contributed by atoms with Gasteiger partial charge in [-0.25, -0.2) is 4.79 Å². The second-order valence-corrected chi connectivity index (χ2v) is 9.22. The number of carbonyl (C=O) groups is 1. The van der Waals surface area contributed by atoms with Crippen LogP contribution in [0.25, 0.3) is 11.1 Å². The molecular weight excluding hydrogens is 392 g/mol. The van der Waals surface area contributed by atoms with Crippen LogP contribution in [0.2, 0.25) is 0 Å². The number of hydrogen-bond donors (Lipinski definition) is 0. The van der Waals surface area contributed by atoms with Gasteiger partial charge in [0, 0.05) is 12.0 Å². The number of hydrogen-bond acceptors (Lipinski definition) is 2. The molecule has 0 spiro atoms. The molecule has 0 aliphatic carbocycles. The lowest BCUT2D eigenvalue weighted by Gasteiger charge is -2.07. The van der Waals surface area contributed by atoms with E-state index in [-0.39, 0.29) is 12.1 Å². The zero-order chi connectivity index (χ0) is 22.6. The highest BCUT2D eigenvalue weighted by Gasteiger charge is 2.24. The number of cyclic esters (lactones) is 1. The Labute approximate surface area is 195 Å². The highest BCUT2D eigenvalue weighted by Crippen LogP contribution is 2.25. The van der Waals surface area contributed by atoms with Crippen molar-refractivity contribution in [2.75, 3.05) is 0 Å². The van der Waals surface area contributed by atoms with E-state index in [4.69, 9.17) is 4.74 Å². The molecule has 0 amide bonds. The summed E-state index contributed by atoms with van der Waals surface area (Å²) < 4.78 is 5.55. The highest BCUT2D eigenvalue weighted by molar-refractivity contribution is 5.91. The minimum atomic E-state index is -0.139. The number of carbonyl (C=O) groups excluding carboxylic acids is 1. The zero-order valence-electron chi connectivity index (χ0n) is 20.1. The first kappa shape index (κ1) is 24.3. The van der Waals surface area contributed by atoms with Crippen LogP contribution < -0.4 is 0 Å². The number of ether oxygens (including phenoxy) is 1. The molecule has 2 aromatic rings. The van der Waals surface area contributed by atoms with Crippen molar-refractivity contribution in [1.29, 1.82) is 0 Å². The maximum absolute atomic E-state index is 12.2. The van der Waals surface area contributed by atoms with E-state index in [1.165, 1.54) is 74.5 Å². The minimum Gasteiger partial charge on any atom is -0.455 e. The normalized spacial score (nSPS) is 15.6. The van der Waals surface area contributed by atoms with E-state index in [0.29, 0.717) is 6.42 Å². The third kappa shape index (κ3) is 7.65. The number of benzene rings is 2. The molecule has 1 heterocycles. The molecular formula is C30H40O2. The van der Waals surface area contributed by atoms with Crippen LogP contribution in [-0.2, 0) is 22.4 Å². The molecule has 0 unspecified atom stereocenters. The molecule has 1 atom stereocenters. The summed E-state index contributed by atoms with van der Waals surface area (Å²) in [6, 6.07) is 17.6. The topological polar surface area (TPSA) is 26.3 Å². The molecule has 172 valence electrons. The van der Waals surface area contributed by atoms with Crippen molar-refractivity contribution in [2.24, 2.45) is 0 Å². The van der Waals surface area contributed by atoms with Crippen LogP contribution >= 0.6 is 0 Å². The Morgan fingerprint density at radius 3 is 1.88 bits per heavy atom. The van der Waals surface area contributed by atoms with Crippen LogP contribution in [0.4, 0.5) is 0 Å². The van der Waals surface area contributed by atoms with E-state index in [1.807, 2.05) is 6.08 Å². The molecule has 0 fully saturated rings. The van der Waals surface area contributed by atoms with Gasteiger partial charge in [-0.15, -0.1) is 0 Å². The third-order valence-electron chi connectivity index (χ3n) is 6.45. The molecule has 0 radical (unpaired) electrons. The van der Waals surface area contributed by atoms with Crippen LogP contribution in [-0.4, -0.2) is 12.1 Å². The van der Waals surface area contributed by atoms with Gasteiger partial charge in [0.1, 0.15) is 6.10 Å². The lowest BCUT2D eigenvalue weighted by atomic mass is 9.98. The monoisotopic (exact) mass is 432 g/mol. The predicted molar refractivity (Wildman–Crippen MR) is 135 cm³/mol. The lowest BCUT2D eigenvalue weighted by Crippen LogP contribution is -2.08. The first-order valence-electron chi connectivity index (χ1n) is 12.8. The van der Waals surface area contributed by atoms with Crippen molar-refractivity contribution < 1.29 is 9.53 Å². The van der Waals surface area contributed by atoms with Crippen LogP contribution in [0.1, 0.15) is 89.2 Å². The SMILES string of the molecule is CCCCCCCc1ccc(-c2ccc(CC3=C[C@@H](CCCCCC)OC3=O)cc2)cc1. The van der Waals surface area contributed by atoms with Crippen LogP contribution in [0, 0.1) is 0 Å². The van der Waals surface area contributed by atoms with E-state index >= 15 is 0 Å². The van der Waals surface area contributed by atoms with Gasteiger partial charge in [-0.2, -0.15) is 0 Å². The van der Waals surface area contributed by atoms with Gasteiger partial charge >= 0.3 is 5.97 Å². The van der Waals surface area contributed by atoms with E-state index in [2.05, 4.69) is 62.4 Å². The van der Waals surface area contributed by atoms with Crippen molar-refractivity contribution in [1.82, 2.24) is 0 Å². The van der Waals surface area contributed by atoms with Gasteiger partial charge in [-0.05, 0) is 54.0 Å². The summed E-state index contributed by atoms with van der Waals surface area (Å²) >= 11 is 0. The Morgan fingerprint density at radius 1 is 0.688 bits per heavy atom. The van der Waals surface area contributed by atoms with Crippen LogP contribution in [0.15, 0.2) is 60.2 Å². The van der Waals surface area contributed by atoms with E-state index in [9.17, 15) is 4.79 Å². The fraction of sp³-hybridized carbons (Fsp3) is 0.500. The van der Waals surface area contributed by atoms with Crippen LogP contribution in [0.3, 0.4) is 0 Å². The Hall–Kier alpha value is -2.35. The van der Waals surface area contributed by atoms with Gasteiger partial charge in [0.05, 0.1) is 0 Å². The summed E-state index contributed by atoms with van der Waals surface area (Å²) in [7, 11) is 0. The average molecular weight is 433 g/mol. The fourth-order valence-corrected chi connectivity index (χ4v) is 4.42. The quantitative estimate of drug-likeness (QED) is 0.222. The standard InChI is InChI=1S/C30H40O2/c1-3-5-7-9-10-12-24-14-18-26(19-15-24)27-20-16-25(17-21-27)22-28-23-29(32-30(28)31)13-11-8-6-4-2/h14-21,23,29H,3-13,22H2,1-2H3/t29-/m1/s1. The summed E-state index contributed by atoms with van der Waals surface area (Å²) in [5.74, 6) is -0.139. The Bertz CT molecular complexity index is 845. The van der Waals surface area contributed by atoms with Gasteiger partial charge in [0.25, 0.3) is 0 Å². The zero-order valence-corrected chi connectivity index (χ0v) is 20.1. The smallest absolute Gasteiger partial charge is 0.334 e. The molecule has 32 heavy (non-hydrogen) atoms. The van der Waals surface area contributed by atoms with Crippen molar-refractivity contribution in [3.05, 3.63) is 71.3 Å². The van der Waals surface area contributed by atoms with Gasteiger partial charge in [0.2, 0.25) is 0 Å². The number of aryl methyl sites for hydroxylation is 1. The first-order chi connectivity index (χ1) is 15.7. The first-order valence-corrected chi connectivity index (χ1v) is 12.8. The Balaban J connectivity index is 1.50. The molecule has 0 saturated heterocycles. The molecule has 0 bridgehead atoms. The van der Waals surface area contributed by atoms with E-state index in [1.54, 1.807) is 0 Å². The Kier molecular flexibility index (Phi) is 10.1.